The molecule has 0 radical (unpaired) electrons. The molecule has 0 saturated carbocycles. The van der Waals surface area contributed by atoms with Crippen LogP contribution in [0.4, 0.5) is 0 Å². The van der Waals surface area contributed by atoms with Gasteiger partial charge in [-0.25, -0.2) is 0 Å². The smallest absolute Gasteiger partial charge is 0.230 e. The van der Waals surface area contributed by atoms with Crippen molar-refractivity contribution in [3.05, 3.63) is 17.5 Å². The summed E-state index contributed by atoms with van der Waals surface area (Å²) in [7, 11) is 0. The van der Waals surface area contributed by atoms with E-state index in [0.717, 1.165) is 19.8 Å². The van der Waals surface area contributed by atoms with Crippen molar-refractivity contribution in [2.75, 3.05) is 25.5 Å². The van der Waals surface area contributed by atoms with Gasteiger partial charge in [0.15, 0.2) is 0 Å². The summed E-state index contributed by atoms with van der Waals surface area (Å²) in [6.07, 6.45) is 0. The second-order valence-electron chi connectivity index (χ2n) is 4.30. The molecule has 1 aromatic heterocycles. The molecule has 0 atom stereocenters. The van der Waals surface area contributed by atoms with Gasteiger partial charge in [0, 0.05) is 12.0 Å². The van der Waals surface area contributed by atoms with E-state index in [4.69, 9.17) is 4.74 Å². The Bertz CT molecular complexity index is 347. The Labute approximate surface area is 104 Å². The first-order valence-electron chi connectivity index (χ1n) is 5.19. The third-order valence-corrected chi connectivity index (χ3v) is 4.58. The summed E-state index contributed by atoms with van der Waals surface area (Å²) in [5.41, 5.74) is 0.156. The predicted molar refractivity (Wildman–Crippen MR) is 67.0 cm³/mol. The van der Waals surface area contributed by atoms with Crippen molar-refractivity contribution < 1.29 is 9.53 Å². The summed E-state index contributed by atoms with van der Waals surface area (Å²) in [4.78, 5) is 11.6. The molecule has 1 N–H and O–H groups in total. The van der Waals surface area contributed by atoms with Crippen LogP contribution >= 0.6 is 23.1 Å². The molecule has 0 spiro atoms. The fraction of sp³-hybridized carbons (Fsp3) is 0.545. The molecule has 0 aromatic carbocycles. The average Bonchev–Trinajstić information content (AvgIpc) is 2.73. The Morgan fingerprint density at radius 3 is 3.06 bits per heavy atom. The van der Waals surface area contributed by atoms with Gasteiger partial charge >= 0.3 is 0 Å². The van der Waals surface area contributed by atoms with Crippen LogP contribution in [0.2, 0.25) is 0 Å². The van der Waals surface area contributed by atoms with Crippen molar-refractivity contribution >= 4 is 29.0 Å². The molecule has 0 aliphatic carbocycles. The normalized spacial score (nSPS) is 17.8. The van der Waals surface area contributed by atoms with E-state index in [1.165, 1.54) is 4.21 Å². The number of thioether (sulfide) groups is 1. The molecule has 1 aliphatic rings. The Hall–Kier alpha value is -0.520. The first-order chi connectivity index (χ1) is 7.68. The van der Waals surface area contributed by atoms with Crippen LogP contribution in [0.5, 0.6) is 0 Å². The molecule has 1 fully saturated rings. The lowest BCUT2D eigenvalue weighted by Crippen LogP contribution is -2.48. The Morgan fingerprint density at radius 1 is 1.69 bits per heavy atom. The van der Waals surface area contributed by atoms with Crippen LogP contribution in [0.15, 0.2) is 21.7 Å². The number of carbonyl (C=O) groups excluding carboxylic acids is 1. The summed E-state index contributed by atoms with van der Waals surface area (Å²) in [5, 5.41) is 4.97. The van der Waals surface area contributed by atoms with Crippen LogP contribution in [0.25, 0.3) is 0 Å². The predicted octanol–water partition coefficient (Wildman–Crippen LogP) is 1.99. The van der Waals surface area contributed by atoms with E-state index in [1.54, 1.807) is 23.1 Å². The number of hydrogen-bond donors (Lipinski definition) is 1. The van der Waals surface area contributed by atoms with Crippen molar-refractivity contribution in [2.24, 2.45) is 5.41 Å². The maximum Gasteiger partial charge on any atom is 0.230 e. The lowest BCUT2D eigenvalue weighted by Gasteiger charge is -2.37. The number of thiophene rings is 1. The SMILES string of the molecule is CC1(CNC(=O)CSc2cccs2)COC1. The zero-order valence-electron chi connectivity index (χ0n) is 9.19. The molecule has 3 nitrogen and oxygen atoms in total. The van der Waals surface area contributed by atoms with E-state index in [9.17, 15) is 4.79 Å². The zero-order valence-corrected chi connectivity index (χ0v) is 10.8. The number of hydrogen-bond acceptors (Lipinski definition) is 4. The Balaban J connectivity index is 1.65. The molecule has 5 heteroatoms. The van der Waals surface area contributed by atoms with Crippen molar-refractivity contribution in [1.29, 1.82) is 0 Å². The Kier molecular flexibility index (Phi) is 3.89. The highest BCUT2D eigenvalue weighted by atomic mass is 32.2. The summed E-state index contributed by atoms with van der Waals surface area (Å²) in [5.74, 6) is 0.601. The first kappa shape index (κ1) is 12.0. The van der Waals surface area contributed by atoms with Gasteiger partial charge in [-0.1, -0.05) is 13.0 Å². The molecule has 1 aliphatic heterocycles. The lowest BCUT2D eigenvalue weighted by atomic mass is 9.89. The van der Waals surface area contributed by atoms with E-state index in [2.05, 4.69) is 12.2 Å². The van der Waals surface area contributed by atoms with E-state index in [-0.39, 0.29) is 11.3 Å². The maximum atomic E-state index is 11.6. The standard InChI is InChI=1S/C11H15NO2S2/c1-11(7-14-8-11)6-12-9(13)5-16-10-3-2-4-15-10/h2-4H,5-8H2,1H3,(H,12,13). The monoisotopic (exact) mass is 257 g/mol. The summed E-state index contributed by atoms with van der Waals surface area (Å²) in [6.45, 7) is 4.36. The Morgan fingerprint density at radius 2 is 2.50 bits per heavy atom. The summed E-state index contributed by atoms with van der Waals surface area (Å²) in [6, 6.07) is 4.03. The number of rotatable bonds is 5. The van der Waals surface area contributed by atoms with Gasteiger partial charge in [-0.15, -0.1) is 23.1 Å². The van der Waals surface area contributed by atoms with E-state index in [0.29, 0.717) is 5.75 Å². The molecule has 1 saturated heterocycles. The minimum absolute atomic E-state index is 0.103. The third kappa shape index (κ3) is 3.23. The number of ether oxygens (including phenoxy) is 1. The van der Waals surface area contributed by atoms with Crippen molar-refractivity contribution in [1.82, 2.24) is 5.32 Å². The van der Waals surface area contributed by atoms with Gasteiger partial charge in [0.05, 0.1) is 23.2 Å². The molecule has 0 bridgehead atoms. The van der Waals surface area contributed by atoms with Gasteiger partial charge < -0.3 is 10.1 Å². The number of amides is 1. The molecule has 0 unspecified atom stereocenters. The highest BCUT2D eigenvalue weighted by Crippen LogP contribution is 2.25. The second kappa shape index (κ2) is 5.21. The van der Waals surface area contributed by atoms with Gasteiger partial charge in [-0.2, -0.15) is 0 Å². The highest BCUT2D eigenvalue weighted by molar-refractivity contribution is 8.01. The molecule has 1 aromatic rings. The second-order valence-corrected chi connectivity index (χ2v) is 6.52. The molecule has 2 heterocycles. The minimum Gasteiger partial charge on any atom is -0.380 e. The largest absolute Gasteiger partial charge is 0.380 e. The van der Waals surface area contributed by atoms with Gasteiger partial charge in [0.1, 0.15) is 0 Å². The number of nitrogens with one attached hydrogen (secondary N) is 1. The van der Waals surface area contributed by atoms with Gasteiger partial charge in [0.2, 0.25) is 5.91 Å². The van der Waals surface area contributed by atoms with Gasteiger partial charge in [-0.05, 0) is 11.4 Å². The zero-order chi connectivity index (χ0) is 11.4. The molecular formula is C11H15NO2S2. The number of carbonyl (C=O) groups is 1. The van der Waals surface area contributed by atoms with E-state index < -0.39 is 0 Å². The van der Waals surface area contributed by atoms with E-state index in [1.807, 2.05) is 17.5 Å². The van der Waals surface area contributed by atoms with Crippen LogP contribution < -0.4 is 5.32 Å². The molecular weight excluding hydrogens is 242 g/mol. The van der Waals surface area contributed by atoms with Gasteiger partial charge in [0.25, 0.3) is 0 Å². The minimum atomic E-state index is 0.103. The van der Waals surface area contributed by atoms with Crippen molar-refractivity contribution in [3.63, 3.8) is 0 Å². The van der Waals surface area contributed by atoms with Gasteiger partial charge in [-0.3, -0.25) is 4.79 Å². The van der Waals surface area contributed by atoms with Crippen LogP contribution in [-0.4, -0.2) is 31.4 Å². The molecule has 88 valence electrons. The van der Waals surface area contributed by atoms with Crippen LogP contribution in [0, 0.1) is 5.41 Å². The molecule has 2 rings (SSSR count). The average molecular weight is 257 g/mol. The first-order valence-corrected chi connectivity index (χ1v) is 7.05. The van der Waals surface area contributed by atoms with Crippen LogP contribution in [0.1, 0.15) is 6.92 Å². The fourth-order valence-corrected chi connectivity index (χ4v) is 3.01. The quantitative estimate of drug-likeness (QED) is 0.820. The molecule has 16 heavy (non-hydrogen) atoms. The van der Waals surface area contributed by atoms with Crippen LogP contribution in [-0.2, 0) is 9.53 Å². The lowest BCUT2D eigenvalue weighted by molar-refractivity contribution is -0.124. The maximum absolute atomic E-state index is 11.6. The summed E-state index contributed by atoms with van der Waals surface area (Å²) >= 11 is 3.25. The van der Waals surface area contributed by atoms with Crippen molar-refractivity contribution in [3.8, 4) is 0 Å². The van der Waals surface area contributed by atoms with E-state index >= 15 is 0 Å². The van der Waals surface area contributed by atoms with Crippen molar-refractivity contribution in [2.45, 2.75) is 11.1 Å². The third-order valence-electron chi connectivity index (χ3n) is 2.45. The van der Waals surface area contributed by atoms with Crippen LogP contribution in [0.3, 0.4) is 0 Å². The molecule has 1 amide bonds. The summed E-state index contributed by atoms with van der Waals surface area (Å²) < 4.78 is 6.32. The highest BCUT2D eigenvalue weighted by Gasteiger charge is 2.33. The fourth-order valence-electron chi connectivity index (χ4n) is 1.40. The topological polar surface area (TPSA) is 38.3 Å².